The van der Waals surface area contributed by atoms with Crippen LogP contribution in [0.2, 0.25) is 0 Å². The van der Waals surface area contributed by atoms with Crippen LogP contribution in [0.1, 0.15) is 20.9 Å². The molecule has 1 N–H and O–H groups in total. The molecule has 0 aliphatic heterocycles. The Kier molecular flexibility index (Phi) is 4.41. The van der Waals surface area contributed by atoms with Crippen molar-refractivity contribution in [1.29, 1.82) is 0 Å². The summed E-state index contributed by atoms with van der Waals surface area (Å²) in [5.74, 6) is 0.625. The molecule has 4 aromatic rings. The Labute approximate surface area is 161 Å². The predicted octanol–water partition coefficient (Wildman–Crippen LogP) is 4.96. The summed E-state index contributed by atoms with van der Waals surface area (Å²) in [6, 6.07) is 17.4. The van der Waals surface area contributed by atoms with E-state index < -0.39 is 0 Å². The van der Waals surface area contributed by atoms with E-state index in [2.05, 4.69) is 29.5 Å². The van der Waals surface area contributed by atoms with Gasteiger partial charge in [-0.15, -0.1) is 11.3 Å². The van der Waals surface area contributed by atoms with Crippen LogP contribution >= 0.6 is 11.3 Å². The Balaban J connectivity index is 1.66. The molecule has 1 amide bonds. The summed E-state index contributed by atoms with van der Waals surface area (Å²) in [5, 5.41) is 8.58. The van der Waals surface area contributed by atoms with Crippen LogP contribution in [0.15, 0.2) is 54.6 Å². The highest BCUT2D eigenvalue weighted by atomic mass is 32.1. The second-order valence-corrected chi connectivity index (χ2v) is 7.38. The molecule has 2 aromatic heterocycles. The van der Waals surface area contributed by atoms with Crippen molar-refractivity contribution >= 4 is 33.1 Å². The maximum atomic E-state index is 12.7. The number of hydrogen-bond donors (Lipinski definition) is 1. The number of rotatable bonds is 4. The largest absolute Gasteiger partial charge is 0.497 e. The third kappa shape index (κ3) is 3.31. The number of thiophene rings is 1. The smallest absolute Gasteiger partial charge is 0.265 e. The zero-order valence-electron chi connectivity index (χ0n) is 15.3. The number of hydrogen-bond acceptors (Lipinski definition) is 4. The molecule has 0 aliphatic rings. The van der Waals surface area contributed by atoms with Crippen LogP contribution in [-0.4, -0.2) is 22.8 Å². The predicted molar refractivity (Wildman–Crippen MR) is 109 cm³/mol. The molecular formula is C21H19N3O2S. The quantitative estimate of drug-likeness (QED) is 0.547. The van der Waals surface area contributed by atoms with Gasteiger partial charge in [0, 0.05) is 11.1 Å². The van der Waals surface area contributed by atoms with E-state index >= 15 is 0 Å². The zero-order chi connectivity index (χ0) is 19.0. The van der Waals surface area contributed by atoms with Crippen LogP contribution in [0.25, 0.3) is 15.9 Å². The molecule has 6 heteroatoms. The van der Waals surface area contributed by atoms with Crippen molar-refractivity contribution in [2.24, 2.45) is 0 Å². The number of carbonyl (C=O) groups is 1. The number of fused-ring (bicyclic) bond motifs is 1. The Hall–Kier alpha value is -3.12. The lowest BCUT2D eigenvalue weighted by molar-refractivity contribution is 0.103. The van der Waals surface area contributed by atoms with E-state index in [1.54, 1.807) is 7.11 Å². The van der Waals surface area contributed by atoms with Gasteiger partial charge in [0.2, 0.25) is 0 Å². The molecule has 5 nitrogen and oxygen atoms in total. The molecule has 0 fully saturated rings. The van der Waals surface area contributed by atoms with Gasteiger partial charge in [-0.25, -0.2) is 4.68 Å². The van der Waals surface area contributed by atoms with Crippen LogP contribution in [0.5, 0.6) is 5.75 Å². The van der Waals surface area contributed by atoms with Crippen molar-refractivity contribution in [1.82, 2.24) is 9.78 Å². The van der Waals surface area contributed by atoms with E-state index in [1.165, 1.54) is 16.9 Å². The molecule has 0 spiro atoms. The summed E-state index contributed by atoms with van der Waals surface area (Å²) in [6.07, 6.45) is 0. The fraction of sp³-hybridized carbons (Fsp3) is 0.143. The summed E-state index contributed by atoms with van der Waals surface area (Å²) in [4.78, 5) is 14.3. The molecule has 0 saturated heterocycles. The van der Waals surface area contributed by atoms with Gasteiger partial charge in [0.25, 0.3) is 5.91 Å². The van der Waals surface area contributed by atoms with Crippen LogP contribution in [0, 0.1) is 13.8 Å². The molecule has 136 valence electrons. The lowest BCUT2D eigenvalue weighted by Crippen LogP contribution is -2.10. The van der Waals surface area contributed by atoms with Gasteiger partial charge < -0.3 is 10.1 Å². The van der Waals surface area contributed by atoms with Crippen molar-refractivity contribution in [3.05, 3.63) is 70.7 Å². The first-order valence-electron chi connectivity index (χ1n) is 8.57. The second kappa shape index (κ2) is 6.89. The zero-order valence-corrected chi connectivity index (χ0v) is 16.1. The lowest BCUT2D eigenvalue weighted by atomic mass is 10.2. The number of nitrogens with zero attached hydrogens (tertiary/aromatic N) is 2. The van der Waals surface area contributed by atoms with Gasteiger partial charge in [-0.1, -0.05) is 12.1 Å². The Bertz CT molecular complexity index is 1130. The number of methoxy groups -OCH3 is 1. The van der Waals surface area contributed by atoms with Gasteiger partial charge in [-0.05, 0) is 61.9 Å². The average molecular weight is 377 g/mol. The van der Waals surface area contributed by atoms with Gasteiger partial charge in [-0.2, -0.15) is 5.10 Å². The number of amides is 1. The normalized spacial score (nSPS) is 10.9. The van der Waals surface area contributed by atoms with Crippen molar-refractivity contribution in [3.63, 3.8) is 0 Å². The second-order valence-electron chi connectivity index (χ2n) is 6.35. The third-order valence-corrected chi connectivity index (χ3v) is 5.47. The van der Waals surface area contributed by atoms with E-state index in [-0.39, 0.29) is 5.91 Å². The molecule has 0 atom stereocenters. The SMILES string of the molecule is COc1ccc(NC(=O)c2cc3c(C)nn(-c4cccc(C)c4)c3s2)cc1. The van der Waals surface area contributed by atoms with Crippen molar-refractivity contribution in [3.8, 4) is 11.4 Å². The number of aryl methyl sites for hydroxylation is 2. The molecule has 0 unspecified atom stereocenters. The highest BCUT2D eigenvalue weighted by Crippen LogP contribution is 2.31. The van der Waals surface area contributed by atoms with E-state index in [1.807, 2.05) is 54.1 Å². The molecular weight excluding hydrogens is 358 g/mol. The van der Waals surface area contributed by atoms with Gasteiger partial charge in [0.15, 0.2) is 0 Å². The minimum Gasteiger partial charge on any atom is -0.497 e. The molecule has 0 saturated carbocycles. The number of benzene rings is 2. The molecule has 27 heavy (non-hydrogen) atoms. The molecule has 2 aromatic carbocycles. The third-order valence-electron chi connectivity index (χ3n) is 4.36. The first-order valence-corrected chi connectivity index (χ1v) is 9.38. The van der Waals surface area contributed by atoms with Gasteiger partial charge >= 0.3 is 0 Å². The monoisotopic (exact) mass is 377 g/mol. The highest BCUT2D eigenvalue weighted by Gasteiger charge is 2.17. The Morgan fingerprint density at radius 3 is 2.59 bits per heavy atom. The minimum atomic E-state index is -0.128. The van der Waals surface area contributed by atoms with E-state index in [0.717, 1.165) is 33.0 Å². The lowest BCUT2D eigenvalue weighted by Gasteiger charge is -2.05. The summed E-state index contributed by atoms with van der Waals surface area (Å²) in [5.41, 5.74) is 3.81. The van der Waals surface area contributed by atoms with Crippen LogP contribution in [0.3, 0.4) is 0 Å². The first-order chi connectivity index (χ1) is 13.0. The van der Waals surface area contributed by atoms with Crippen LogP contribution in [-0.2, 0) is 0 Å². The molecule has 4 rings (SSSR count). The number of carbonyl (C=O) groups excluding carboxylic acids is 1. The number of ether oxygens (including phenoxy) is 1. The Morgan fingerprint density at radius 2 is 1.89 bits per heavy atom. The van der Waals surface area contributed by atoms with Gasteiger partial charge in [0.05, 0.1) is 23.4 Å². The molecule has 0 aliphatic carbocycles. The van der Waals surface area contributed by atoms with Crippen LogP contribution < -0.4 is 10.1 Å². The van der Waals surface area contributed by atoms with Crippen molar-refractivity contribution in [2.45, 2.75) is 13.8 Å². The standard InChI is InChI=1S/C21H19N3O2S/c1-13-5-4-6-16(11-13)24-21-18(14(2)23-24)12-19(27-21)20(25)22-15-7-9-17(26-3)10-8-15/h4-12H,1-3H3,(H,22,25). The van der Waals surface area contributed by atoms with E-state index in [9.17, 15) is 4.79 Å². The summed E-state index contributed by atoms with van der Waals surface area (Å²) < 4.78 is 7.05. The number of nitrogens with one attached hydrogen (secondary N) is 1. The summed E-state index contributed by atoms with van der Waals surface area (Å²) in [6.45, 7) is 4.02. The maximum Gasteiger partial charge on any atom is 0.265 e. The Morgan fingerprint density at radius 1 is 1.11 bits per heavy atom. The van der Waals surface area contributed by atoms with Crippen LogP contribution in [0.4, 0.5) is 5.69 Å². The minimum absolute atomic E-state index is 0.128. The molecule has 0 bridgehead atoms. The summed E-state index contributed by atoms with van der Waals surface area (Å²) >= 11 is 1.44. The van der Waals surface area contributed by atoms with Gasteiger partial charge in [-0.3, -0.25) is 4.79 Å². The fourth-order valence-corrected chi connectivity index (χ4v) is 4.04. The molecule has 0 radical (unpaired) electrons. The summed E-state index contributed by atoms with van der Waals surface area (Å²) in [7, 11) is 1.62. The number of anilines is 1. The highest BCUT2D eigenvalue weighted by molar-refractivity contribution is 7.20. The average Bonchev–Trinajstić information content (AvgIpc) is 3.23. The van der Waals surface area contributed by atoms with Crippen molar-refractivity contribution in [2.75, 3.05) is 12.4 Å². The van der Waals surface area contributed by atoms with Gasteiger partial charge in [0.1, 0.15) is 10.6 Å². The number of aromatic nitrogens is 2. The van der Waals surface area contributed by atoms with E-state index in [4.69, 9.17) is 4.74 Å². The molecule has 2 heterocycles. The topological polar surface area (TPSA) is 56.1 Å². The van der Waals surface area contributed by atoms with Crippen molar-refractivity contribution < 1.29 is 9.53 Å². The fourth-order valence-electron chi connectivity index (χ4n) is 2.96. The first kappa shape index (κ1) is 17.3. The van der Waals surface area contributed by atoms with E-state index in [0.29, 0.717) is 4.88 Å². The maximum absolute atomic E-state index is 12.7.